The molecule has 1 fully saturated rings. The molecule has 1 saturated carbocycles. The van der Waals surface area contributed by atoms with Gasteiger partial charge in [-0.2, -0.15) is 0 Å². The Morgan fingerprint density at radius 1 is 1.10 bits per heavy atom. The van der Waals surface area contributed by atoms with Crippen LogP contribution in [-0.2, 0) is 0 Å². The van der Waals surface area contributed by atoms with Gasteiger partial charge in [0.1, 0.15) is 17.5 Å². The third-order valence-electron chi connectivity index (χ3n) is 3.49. The number of hydrogen-bond acceptors (Lipinski definition) is 6. The van der Waals surface area contributed by atoms with E-state index in [1.165, 1.54) is 0 Å². The predicted octanol–water partition coefficient (Wildman–Crippen LogP) is 2.45. The molecule has 1 heterocycles. The van der Waals surface area contributed by atoms with Crippen molar-refractivity contribution in [2.45, 2.75) is 18.8 Å². The number of aromatic nitrogens is 2. The first-order valence-electron chi connectivity index (χ1n) is 7.06. The highest BCUT2D eigenvalue weighted by Gasteiger charge is 2.27. The van der Waals surface area contributed by atoms with E-state index in [1.54, 1.807) is 0 Å². The number of nitrogens with two attached hydrogens (primary N) is 1. The molecule has 0 radical (unpaired) electrons. The molecule has 1 aromatic carbocycles. The molecule has 4 N–H and O–H groups in total. The van der Waals surface area contributed by atoms with Crippen molar-refractivity contribution in [1.29, 1.82) is 0 Å². The van der Waals surface area contributed by atoms with E-state index in [2.05, 4.69) is 37.7 Å². The molecule has 0 bridgehead atoms. The number of nitrogens with zero attached hydrogens (tertiary/aromatic N) is 3. The zero-order valence-corrected chi connectivity index (χ0v) is 12.3. The van der Waals surface area contributed by atoms with Crippen LogP contribution in [0.15, 0.2) is 30.3 Å². The molecule has 0 unspecified atom stereocenters. The number of rotatable bonds is 5. The molecule has 6 nitrogen and oxygen atoms in total. The van der Waals surface area contributed by atoms with Gasteiger partial charge in [-0.15, -0.1) is 0 Å². The largest absolute Gasteiger partial charge is 0.378 e. The fourth-order valence-electron chi connectivity index (χ4n) is 2.12. The summed E-state index contributed by atoms with van der Waals surface area (Å²) in [4.78, 5) is 11.0. The molecule has 0 saturated heterocycles. The topological polar surface area (TPSA) is 79.1 Å². The molecule has 1 aliphatic rings. The summed E-state index contributed by atoms with van der Waals surface area (Å²) in [6.07, 6.45) is 2.32. The maximum absolute atomic E-state index is 5.48. The number of nitrogen functional groups attached to an aromatic ring is 1. The van der Waals surface area contributed by atoms with Crippen LogP contribution in [0.25, 0.3) is 0 Å². The van der Waals surface area contributed by atoms with E-state index in [0.29, 0.717) is 11.7 Å². The van der Waals surface area contributed by atoms with E-state index < -0.39 is 0 Å². The fraction of sp³-hybridized carbons (Fsp3) is 0.333. The van der Waals surface area contributed by atoms with E-state index in [9.17, 15) is 0 Å². The summed E-state index contributed by atoms with van der Waals surface area (Å²) in [5.41, 5.74) is 4.75. The summed E-state index contributed by atoms with van der Waals surface area (Å²) in [5, 5.41) is 3.30. The molecule has 110 valence electrons. The van der Waals surface area contributed by atoms with Crippen molar-refractivity contribution in [3.63, 3.8) is 0 Å². The second-order valence-electron chi connectivity index (χ2n) is 5.48. The van der Waals surface area contributed by atoms with Gasteiger partial charge in [0.25, 0.3) is 0 Å². The second kappa shape index (κ2) is 5.57. The summed E-state index contributed by atoms with van der Waals surface area (Å²) < 4.78 is 0. The Bertz CT molecular complexity index is 619. The van der Waals surface area contributed by atoms with E-state index in [4.69, 9.17) is 5.84 Å². The van der Waals surface area contributed by atoms with E-state index >= 15 is 0 Å². The maximum Gasteiger partial charge on any atom is 0.145 e. The van der Waals surface area contributed by atoms with E-state index in [-0.39, 0.29) is 0 Å². The van der Waals surface area contributed by atoms with Crippen LogP contribution in [0.1, 0.15) is 24.6 Å². The van der Waals surface area contributed by atoms with Crippen molar-refractivity contribution >= 4 is 23.0 Å². The average molecular weight is 284 g/mol. The molecular weight excluding hydrogens is 264 g/mol. The van der Waals surface area contributed by atoms with Gasteiger partial charge >= 0.3 is 0 Å². The Labute approximate surface area is 124 Å². The van der Waals surface area contributed by atoms with Gasteiger partial charge in [0, 0.05) is 37.5 Å². The monoisotopic (exact) mass is 284 g/mol. The number of hydrazine groups is 1. The lowest BCUT2D eigenvalue weighted by Gasteiger charge is -2.13. The number of anilines is 4. The van der Waals surface area contributed by atoms with Crippen molar-refractivity contribution < 1.29 is 0 Å². The Morgan fingerprint density at radius 3 is 2.33 bits per heavy atom. The average Bonchev–Trinajstić information content (AvgIpc) is 3.32. The van der Waals surface area contributed by atoms with Crippen LogP contribution in [0.4, 0.5) is 23.0 Å². The molecule has 2 aromatic rings. The zero-order valence-electron chi connectivity index (χ0n) is 12.3. The van der Waals surface area contributed by atoms with Gasteiger partial charge in [-0.1, -0.05) is 0 Å². The van der Waals surface area contributed by atoms with Crippen molar-refractivity contribution in [2.24, 2.45) is 5.84 Å². The molecular formula is C15H20N6. The van der Waals surface area contributed by atoms with E-state index in [1.807, 2.05) is 32.3 Å². The lowest BCUT2D eigenvalue weighted by molar-refractivity contribution is 0.929. The Hall–Kier alpha value is -2.34. The van der Waals surface area contributed by atoms with Gasteiger partial charge in [-0.3, -0.25) is 0 Å². The molecule has 0 amide bonds. The van der Waals surface area contributed by atoms with E-state index in [0.717, 1.165) is 35.9 Å². The lowest BCUT2D eigenvalue weighted by Crippen LogP contribution is -2.11. The lowest BCUT2D eigenvalue weighted by atomic mass is 10.2. The zero-order chi connectivity index (χ0) is 14.8. The molecule has 21 heavy (non-hydrogen) atoms. The van der Waals surface area contributed by atoms with Crippen LogP contribution in [0.5, 0.6) is 0 Å². The fourth-order valence-corrected chi connectivity index (χ4v) is 2.12. The summed E-state index contributed by atoms with van der Waals surface area (Å²) >= 11 is 0. The van der Waals surface area contributed by atoms with Crippen LogP contribution in [0.2, 0.25) is 0 Å². The minimum Gasteiger partial charge on any atom is -0.378 e. The third-order valence-corrected chi connectivity index (χ3v) is 3.49. The smallest absolute Gasteiger partial charge is 0.145 e. The normalized spacial score (nSPS) is 13.9. The summed E-state index contributed by atoms with van der Waals surface area (Å²) in [7, 11) is 4.04. The Kier molecular flexibility index (Phi) is 3.62. The van der Waals surface area contributed by atoms with Gasteiger partial charge in [0.05, 0.1) is 0 Å². The molecule has 0 spiro atoms. The third kappa shape index (κ3) is 3.22. The Morgan fingerprint density at radius 2 is 1.76 bits per heavy atom. The highest BCUT2D eigenvalue weighted by molar-refractivity contribution is 5.62. The van der Waals surface area contributed by atoms with Crippen molar-refractivity contribution in [3.8, 4) is 0 Å². The summed E-state index contributed by atoms with van der Waals surface area (Å²) in [6.45, 7) is 0. The molecule has 6 heteroatoms. The first-order valence-corrected chi connectivity index (χ1v) is 7.06. The standard InChI is InChI=1S/C15H20N6/c1-21(2)12-7-5-11(6-8-12)17-13-9-14(20-16)19-15(18-13)10-3-4-10/h5-10H,3-4,16H2,1-2H3,(H2,17,18,19,20). The molecule has 1 aliphatic carbocycles. The van der Waals surface area contributed by atoms with Crippen LogP contribution in [0, 0.1) is 0 Å². The maximum atomic E-state index is 5.48. The number of hydrogen-bond donors (Lipinski definition) is 3. The van der Waals surface area contributed by atoms with Crippen LogP contribution >= 0.6 is 0 Å². The van der Waals surface area contributed by atoms with Crippen molar-refractivity contribution in [1.82, 2.24) is 9.97 Å². The molecule has 0 atom stereocenters. The second-order valence-corrected chi connectivity index (χ2v) is 5.48. The van der Waals surface area contributed by atoms with Gasteiger partial charge < -0.3 is 15.6 Å². The molecule has 0 aliphatic heterocycles. The quantitative estimate of drug-likeness (QED) is 0.578. The van der Waals surface area contributed by atoms with Crippen LogP contribution in [0.3, 0.4) is 0 Å². The molecule has 1 aromatic heterocycles. The van der Waals surface area contributed by atoms with Crippen LogP contribution < -0.4 is 21.5 Å². The van der Waals surface area contributed by atoms with Crippen molar-refractivity contribution in [3.05, 3.63) is 36.2 Å². The highest BCUT2D eigenvalue weighted by Crippen LogP contribution is 2.39. The summed E-state index contributed by atoms with van der Waals surface area (Å²) in [6, 6.07) is 10.0. The molecule has 3 rings (SSSR count). The van der Waals surface area contributed by atoms with Gasteiger partial charge in [-0.05, 0) is 37.1 Å². The minimum atomic E-state index is 0.481. The summed E-state index contributed by atoms with van der Waals surface area (Å²) in [5.74, 6) is 8.22. The predicted molar refractivity (Wildman–Crippen MR) is 85.9 cm³/mol. The van der Waals surface area contributed by atoms with Gasteiger partial charge in [0.2, 0.25) is 0 Å². The van der Waals surface area contributed by atoms with Crippen molar-refractivity contribution in [2.75, 3.05) is 29.7 Å². The highest BCUT2D eigenvalue weighted by atomic mass is 15.3. The SMILES string of the molecule is CN(C)c1ccc(Nc2cc(NN)nc(C3CC3)n2)cc1. The number of nitrogens with one attached hydrogen (secondary N) is 2. The number of benzene rings is 1. The van der Waals surface area contributed by atoms with Gasteiger partial charge in [-0.25, -0.2) is 15.8 Å². The Balaban J connectivity index is 1.81. The minimum absolute atomic E-state index is 0.481. The van der Waals surface area contributed by atoms with Gasteiger partial charge in [0.15, 0.2) is 0 Å². The first-order chi connectivity index (χ1) is 10.2. The van der Waals surface area contributed by atoms with Crippen LogP contribution in [-0.4, -0.2) is 24.1 Å². The first kappa shape index (κ1) is 13.6.